The number of amides is 3. The van der Waals surface area contributed by atoms with E-state index in [1.807, 2.05) is 0 Å². The zero-order valence-corrected chi connectivity index (χ0v) is 13.8. The molecule has 1 rings (SSSR count). The van der Waals surface area contributed by atoms with Crippen molar-refractivity contribution in [3.8, 4) is 0 Å². The summed E-state index contributed by atoms with van der Waals surface area (Å²) in [7, 11) is 0. The molecule has 0 unspecified atom stereocenters. The van der Waals surface area contributed by atoms with E-state index in [2.05, 4.69) is 16.0 Å². The first-order valence-corrected chi connectivity index (χ1v) is 7.51. The molecule has 0 aliphatic rings. The van der Waals surface area contributed by atoms with E-state index in [1.54, 1.807) is 13.8 Å². The Morgan fingerprint density at radius 1 is 1.04 bits per heavy atom. The van der Waals surface area contributed by atoms with E-state index < -0.39 is 35.1 Å². The van der Waals surface area contributed by atoms with E-state index in [0.29, 0.717) is 0 Å². The van der Waals surface area contributed by atoms with Gasteiger partial charge in [-0.3, -0.25) is 14.4 Å². The molecular weight excluding hydrogens is 320 g/mol. The molecule has 1 aromatic rings. The molecule has 0 radical (unpaired) electrons. The van der Waals surface area contributed by atoms with E-state index >= 15 is 0 Å². The number of halogens is 2. The molecule has 0 aromatic heterocycles. The standard InChI is InChI=1S/C16H21F2N3O3/c1-9(2)14(16(24)20-8-7-19-10(3)22)21-15(23)13-11(17)5-4-6-12(13)18/h4-6,9,14H,7-8H2,1-3H3,(H,19,22)(H,20,24)(H,21,23)/t14-/m1/s1. The van der Waals surface area contributed by atoms with Crippen LogP contribution in [-0.4, -0.2) is 36.9 Å². The molecule has 8 heteroatoms. The van der Waals surface area contributed by atoms with Crippen molar-refractivity contribution in [1.29, 1.82) is 0 Å². The number of nitrogens with one attached hydrogen (secondary N) is 3. The van der Waals surface area contributed by atoms with Crippen LogP contribution < -0.4 is 16.0 Å². The summed E-state index contributed by atoms with van der Waals surface area (Å²) in [5, 5.41) is 7.41. The van der Waals surface area contributed by atoms with Crippen molar-refractivity contribution in [2.45, 2.75) is 26.8 Å². The lowest BCUT2D eigenvalue weighted by Gasteiger charge is -2.22. The van der Waals surface area contributed by atoms with Gasteiger partial charge in [0.2, 0.25) is 11.8 Å². The number of hydrogen-bond donors (Lipinski definition) is 3. The number of rotatable bonds is 7. The quantitative estimate of drug-likeness (QED) is 0.646. The van der Waals surface area contributed by atoms with E-state index in [4.69, 9.17) is 0 Å². The molecule has 0 saturated heterocycles. The maximum Gasteiger partial charge on any atom is 0.257 e. The van der Waals surface area contributed by atoms with Crippen molar-refractivity contribution < 1.29 is 23.2 Å². The second-order valence-electron chi connectivity index (χ2n) is 5.57. The summed E-state index contributed by atoms with van der Waals surface area (Å²) in [6.07, 6.45) is 0. The third-order valence-electron chi connectivity index (χ3n) is 3.22. The van der Waals surface area contributed by atoms with Gasteiger partial charge in [-0.2, -0.15) is 0 Å². The highest BCUT2D eigenvalue weighted by Crippen LogP contribution is 2.13. The molecule has 6 nitrogen and oxygen atoms in total. The Balaban J connectivity index is 2.73. The van der Waals surface area contributed by atoms with Gasteiger partial charge in [0.1, 0.15) is 23.2 Å². The fraction of sp³-hybridized carbons (Fsp3) is 0.438. The lowest BCUT2D eigenvalue weighted by molar-refractivity contribution is -0.124. The molecule has 0 bridgehead atoms. The van der Waals surface area contributed by atoms with Crippen molar-refractivity contribution >= 4 is 17.7 Å². The van der Waals surface area contributed by atoms with E-state index in [9.17, 15) is 23.2 Å². The molecule has 0 heterocycles. The summed E-state index contributed by atoms with van der Waals surface area (Å²) in [4.78, 5) is 35.0. The van der Waals surface area contributed by atoms with Gasteiger partial charge in [0, 0.05) is 20.0 Å². The van der Waals surface area contributed by atoms with Crippen LogP contribution >= 0.6 is 0 Å². The second kappa shape index (κ2) is 8.95. The fourth-order valence-corrected chi connectivity index (χ4v) is 2.00. The molecule has 0 saturated carbocycles. The largest absolute Gasteiger partial charge is 0.355 e. The van der Waals surface area contributed by atoms with Crippen molar-refractivity contribution in [3.63, 3.8) is 0 Å². The average Bonchev–Trinajstić information content (AvgIpc) is 2.48. The Morgan fingerprint density at radius 2 is 1.58 bits per heavy atom. The molecule has 0 aliphatic carbocycles. The van der Waals surface area contributed by atoms with Gasteiger partial charge in [0.15, 0.2) is 0 Å². The van der Waals surface area contributed by atoms with Gasteiger partial charge < -0.3 is 16.0 Å². The van der Waals surface area contributed by atoms with Crippen LogP contribution in [0.15, 0.2) is 18.2 Å². The first kappa shape index (κ1) is 19.5. The Morgan fingerprint density at radius 3 is 2.08 bits per heavy atom. The van der Waals surface area contributed by atoms with Gasteiger partial charge in [-0.15, -0.1) is 0 Å². The van der Waals surface area contributed by atoms with Gasteiger partial charge in [0.05, 0.1) is 0 Å². The Labute approximate surface area is 139 Å². The minimum Gasteiger partial charge on any atom is -0.355 e. The monoisotopic (exact) mass is 341 g/mol. The minimum atomic E-state index is -0.999. The fourth-order valence-electron chi connectivity index (χ4n) is 2.00. The number of hydrogen-bond acceptors (Lipinski definition) is 3. The van der Waals surface area contributed by atoms with Crippen LogP contribution in [0.2, 0.25) is 0 Å². The van der Waals surface area contributed by atoms with Crippen LogP contribution in [0.5, 0.6) is 0 Å². The summed E-state index contributed by atoms with van der Waals surface area (Å²) >= 11 is 0. The summed E-state index contributed by atoms with van der Waals surface area (Å²) < 4.78 is 27.3. The molecule has 132 valence electrons. The zero-order chi connectivity index (χ0) is 18.3. The summed E-state index contributed by atoms with van der Waals surface area (Å²) in [6.45, 7) is 5.14. The number of carbonyl (C=O) groups excluding carboxylic acids is 3. The zero-order valence-electron chi connectivity index (χ0n) is 13.8. The van der Waals surface area contributed by atoms with Gasteiger partial charge in [0.25, 0.3) is 5.91 Å². The number of benzene rings is 1. The molecular formula is C16H21F2N3O3. The van der Waals surface area contributed by atoms with Gasteiger partial charge in [-0.05, 0) is 18.1 Å². The molecule has 3 amide bonds. The maximum atomic E-state index is 13.6. The highest BCUT2D eigenvalue weighted by atomic mass is 19.1. The van der Waals surface area contributed by atoms with Crippen molar-refractivity contribution in [2.24, 2.45) is 5.92 Å². The predicted molar refractivity (Wildman–Crippen MR) is 84.1 cm³/mol. The SMILES string of the molecule is CC(=O)NCCNC(=O)[C@H](NC(=O)c1c(F)cccc1F)C(C)C. The first-order chi connectivity index (χ1) is 11.2. The van der Waals surface area contributed by atoms with Gasteiger partial charge in [-0.25, -0.2) is 8.78 Å². The van der Waals surface area contributed by atoms with Crippen molar-refractivity contribution in [3.05, 3.63) is 35.4 Å². The Hall–Kier alpha value is -2.51. The van der Waals surface area contributed by atoms with E-state index in [-0.39, 0.29) is 24.9 Å². The highest BCUT2D eigenvalue weighted by molar-refractivity contribution is 5.98. The molecule has 0 spiro atoms. The van der Waals surface area contributed by atoms with Crippen molar-refractivity contribution in [2.75, 3.05) is 13.1 Å². The Bertz CT molecular complexity index is 600. The molecule has 1 aromatic carbocycles. The third-order valence-corrected chi connectivity index (χ3v) is 3.22. The summed E-state index contributed by atoms with van der Waals surface area (Å²) in [5.41, 5.74) is -0.728. The van der Waals surface area contributed by atoms with Crippen LogP contribution in [-0.2, 0) is 9.59 Å². The van der Waals surface area contributed by atoms with Gasteiger partial charge >= 0.3 is 0 Å². The van der Waals surface area contributed by atoms with Crippen LogP contribution in [0.4, 0.5) is 8.78 Å². The third kappa shape index (κ3) is 5.60. The molecule has 24 heavy (non-hydrogen) atoms. The van der Waals surface area contributed by atoms with Crippen LogP contribution in [0.3, 0.4) is 0 Å². The molecule has 1 atom stereocenters. The van der Waals surface area contributed by atoms with E-state index in [1.165, 1.54) is 6.92 Å². The molecule has 0 fully saturated rings. The summed E-state index contributed by atoms with van der Waals surface area (Å²) in [5.74, 6) is -4.03. The predicted octanol–water partition coefficient (Wildman–Crippen LogP) is 0.971. The van der Waals surface area contributed by atoms with E-state index in [0.717, 1.165) is 18.2 Å². The van der Waals surface area contributed by atoms with Crippen LogP contribution in [0.1, 0.15) is 31.1 Å². The number of carbonyl (C=O) groups is 3. The molecule has 3 N–H and O–H groups in total. The summed E-state index contributed by atoms with van der Waals surface area (Å²) in [6, 6.07) is 2.12. The van der Waals surface area contributed by atoms with Gasteiger partial charge in [-0.1, -0.05) is 19.9 Å². The first-order valence-electron chi connectivity index (χ1n) is 7.51. The highest BCUT2D eigenvalue weighted by Gasteiger charge is 2.26. The second-order valence-corrected chi connectivity index (χ2v) is 5.57. The normalized spacial score (nSPS) is 11.8. The van der Waals surface area contributed by atoms with Crippen molar-refractivity contribution in [1.82, 2.24) is 16.0 Å². The Kier molecular flexibility index (Phi) is 7.29. The minimum absolute atomic E-state index is 0.172. The topological polar surface area (TPSA) is 87.3 Å². The van der Waals surface area contributed by atoms with Crippen LogP contribution in [0, 0.1) is 17.6 Å². The molecule has 0 aliphatic heterocycles. The average molecular weight is 341 g/mol. The maximum absolute atomic E-state index is 13.6. The smallest absolute Gasteiger partial charge is 0.257 e. The lowest BCUT2D eigenvalue weighted by atomic mass is 10.0. The lowest BCUT2D eigenvalue weighted by Crippen LogP contribution is -2.51. The van der Waals surface area contributed by atoms with Crippen LogP contribution in [0.25, 0.3) is 0 Å².